The Hall–Kier alpha value is -2.67. The fourth-order valence-corrected chi connectivity index (χ4v) is 4.62. The summed E-state index contributed by atoms with van der Waals surface area (Å²) in [6.45, 7) is 4.52. The molecule has 1 aliphatic rings. The first-order valence-electron chi connectivity index (χ1n) is 10.0. The maximum Gasteiger partial charge on any atom is 0.339 e. The Morgan fingerprint density at radius 2 is 1.57 bits per heavy atom. The van der Waals surface area contributed by atoms with Gasteiger partial charge in [0.05, 0.1) is 12.7 Å². The molecule has 4 rings (SSSR count). The van der Waals surface area contributed by atoms with Crippen LogP contribution in [0.15, 0.2) is 89.8 Å². The van der Waals surface area contributed by atoms with Crippen molar-refractivity contribution in [3.8, 4) is 5.75 Å². The van der Waals surface area contributed by atoms with E-state index in [0.717, 1.165) is 18.7 Å². The van der Waals surface area contributed by atoms with Crippen LogP contribution in [0.3, 0.4) is 0 Å². The highest BCUT2D eigenvalue weighted by Gasteiger charge is 2.26. The van der Waals surface area contributed by atoms with Gasteiger partial charge in [0.2, 0.25) is 0 Å². The third-order valence-electron chi connectivity index (χ3n) is 5.42. The zero-order valence-electron chi connectivity index (χ0n) is 16.8. The first-order valence-corrected chi connectivity index (χ1v) is 11.4. The zero-order chi connectivity index (χ0) is 21.0. The van der Waals surface area contributed by atoms with E-state index in [1.807, 2.05) is 18.2 Å². The molecule has 30 heavy (non-hydrogen) atoms. The predicted molar refractivity (Wildman–Crippen MR) is 116 cm³/mol. The van der Waals surface area contributed by atoms with Crippen molar-refractivity contribution >= 4 is 10.1 Å². The van der Waals surface area contributed by atoms with E-state index in [-0.39, 0.29) is 16.7 Å². The molecule has 1 aliphatic heterocycles. The monoisotopic (exact) mass is 423 g/mol. The van der Waals surface area contributed by atoms with Gasteiger partial charge in [0.1, 0.15) is 10.6 Å². The molecule has 0 amide bonds. The summed E-state index contributed by atoms with van der Waals surface area (Å²) in [7, 11) is -3.84. The van der Waals surface area contributed by atoms with Gasteiger partial charge < -0.3 is 8.92 Å². The summed E-state index contributed by atoms with van der Waals surface area (Å²) in [5.41, 5.74) is 2.29. The molecule has 0 saturated carbocycles. The Morgan fingerprint density at radius 3 is 2.23 bits per heavy atom. The average molecular weight is 424 g/mol. The third-order valence-corrected chi connectivity index (χ3v) is 6.68. The summed E-state index contributed by atoms with van der Waals surface area (Å²) in [6, 6.07) is 26.0. The smallest absolute Gasteiger partial charge is 0.339 e. The fraction of sp³-hybridized carbons (Fsp3) is 0.250. The van der Waals surface area contributed by atoms with E-state index < -0.39 is 10.1 Å². The second-order valence-electron chi connectivity index (χ2n) is 7.36. The topological polar surface area (TPSA) is 55.8 Å². The van der Waals surface area contributed by atoms with Gasteiger partial charge in [0.25, 0.3) is 0 Å². The molecule has 1 heterocycles. The maximum atomic E-state index is 12.4. The quantitative estimate of drug-likeness (QED) is 0.543. The molecule has 1 fully saturated rings. The molecule has 3 aromatic carbocycles. The summed E-state index contributed by atoms with van der Waals surface area (Å²) in [6.07, 6.45) is -0.0651. The average Bonchev–Trinajstić information content (AvgIpc) is 2.80. The lowest BCUT2D eigenvalue weighted by Gasteiger charge is -2.37. The van der Waals surface area contributed by atoms with Gasteiger partial charge >= 0.3 is 10.1 Å². The highest BCUT2D eigenvalue weighted by molar-refractivity contribution is 7.87. The van der Waals surface area contributed by atoms with E-state index in [1.54, 1.807) is 30.3 Å². The Kier molecular flexibility index (Phi) is 6.18. The van der Waals surface area contributed by atoms with Crippen LogP contribution < -0.4 is 4.18 Å². The van der Waals surface area contributed by atoms with Gasteiger partial charge in [-0.15, -0.1) is 0 Å². The maximum absolute atomic E-state index is 12.4. The van der Waals surface area contributed by atoms with Crippen LogP contribution in [0.1, 0.15) is 30.2 Å². The number of morpholine rings is 1. The lowest BCUT2D eigenvalue weighted by Crippen LogP contribution is -2.39. The molecule has 6 heteroatoms. The zero-order valence-corrected chi connectivity index (χ0v) is 17.7. The molecule has 0 spiro atoms. The van der Waals surface area contributed by atoms with Crippen molar-refractivity contribution in [3.63, 3.8) is 0 Å². The van der Waals surface area contributed by atoms with Crippen LogP contribution in [-0.4, -0.2) is 33.0 Å². The minimum absolute atomic E-state index is 0.0651. The molecule has 0 N–H and O–H groups in total. The largest absolute Gasteiger partial charge is 0.379 e. The number of nitrogens with zero attached hydrogens (tertiary/aromatic N) is 1. The van der Waals surface area contributed by atoms with Crippen molar-refractivity contribution in [1.82, 2.24) is 4.90 Å². The van der Waals surface area contributed by atoms with E-state index in [4.69, 9.17) is 8.92 Å². The van der Waals surface area contributed by atoms with Crippen LogP contribution in [0.2, 0.25) is 0 Å². The van der Waals surface area contributed by atoms with Crippen molar-refractivity contribution in [2.75, 3.05) is 19.7 Å². The van der Waals surface area contributed by atoms with Crippen molar-refractivity contribution in [2.24, 2.45) is 0 Å². The summed E-state index contributed by atoms with van der Waals surface area (Å²) >= 11 is 0. The lowest BCUT2D eigenvalue weighted by atomic mass is 10.0. The molecular weight excluding hydrogens is 398 g/mol. The SMILES string of the molecule is C[C@@H](c1ccccc1)N1CCO[C@@H](c2ccc(OS(=O)(=O)c3ccccc3)cc2)C1. The molecular formula is C24H25NO4S. The van der Waals surface area contributed by atoms with Gasteiger partial charge in [-0.1, -0.05) is 60.7 Å². The van der Waals surface area contributed by atoms with Crippen LogP contribution >= 0.6 is 0 Å². The molecule has 0 radical (unpaired) electrons. The van der Waals surface area contributed by atoms with Crippen LogP contribution in [0.25, 0.3) is 0 Å². The van der Waals surface area contributed by atoms with Gasteiger partial charge in [-0.3, -0.25) is 4.90 Å². The summed E-state index contributed by atoms with van der Waals surface area (Å²) < 4.78 is 36.0. The first-order chi connectivity index (χ1) is 14.5. The molecule has 2 atom stereocenters. The van der Waals surface area contributed by atoms with Gasteiger partial charge in [-0.25, -0.2) is 0 Å². The van der Waals surface area contributed by atoms with Crippen molar-refractivity contribution in [1.29, 1.82) is 0 Å². The molecule has 5 nitrogen and oxygen atoms in total. The Balaban J connectivity index is 1.43. The molecule has 0 aliphatic carbocycles. The molecule has 156 valence electrons. The van der Waals surface area contributed by atoms with Crippen LogP contribution in [0.5, 0.6) is 5.75 Å². The molecule has 0 bridgehead atoms. The van der Waals surface area contributed by atoms with Crippen LogP contribution in [0, 0.1) is 0 Å². The summed E-state index contributed by atoms with van der Waals surface area (Å²) in [5, 5.41) is 0. The van der Waals surface area contributed by atoms with Gasteiger partial charge in [0, 0.05) is 19.1 Å². The Labute approximate surface area is 178 Å². The molecule has 0 aromatic heterocycles. The number of hydrogen-bond donors (Lipinski definition) is 0. The van der Waals surface area contributed by atoms with E-state index >= 15 is 0 Å². The number of benzene rings is 3. The van der Waals surface area contributed by atoms with Gasteiger partial charge in [-0.2, -0.15) is 8.42 Å². The second-order valence-corrected chi connectivity index (χ2v) is 8.91. The predicted octanol–water partition coefficient (Wildman–Crippen LogP) is 4.59. The highest BCUT2D eigenvalue weighted by atomic mass is 32.2. The van der Waals surface area contributed by atoms with Crippen LogP contribution in [-0.2, 0) is 14.9 Å². The van der Waals surface area contributed by atoms with E-state index in [2.05, 4.69) is 36.1 Å². The van der Waals surface area contributed by atoms with Crippen molar-refractivity contribution in [3.05, 3.63) is 96.1 Å². The number of ether oxygens (including phenoxy) is 1. The highest BCUT2D eigenvalue weighted by Crippen LogP contribution is 2.30. The van der Waals surface area contributed by atoms with E-state index in [0.29, 0.717) is 12.6 Å². The Bertz CT molecular complexity index is 1050. The van der Waals surface area contributed by atoms with E-state index in [9.17, 15) is 8.42 Å². The minimum Gasteiger partial charge on any atom is -0.379 e. The standard InChI is InChI=1S/C24H25NO4S/c1-19(20-8-4-2-5-9-20)25-16-17-28-24(18-25)21-12-14-22(15-13-21)29-30(26,27)23-10-6-3-7-11-23/h2-15,19,24H,16-18H2,1H3/t19-,24+/m0/s1. The van der Waals surface area contributed by atoms with Gasteiger partial charge in [-0.05, 0) is 42.3 Å². The second kappa shape index (κ2) is 9.00. The lowest BCUT2D eigenvalue weighted by molar-refractivity contribution is -0.0431. The summed E-state index contributed by atoms with van der Waals surface area (Å²) in [4.78, 5) is 2.54. The third kappa shape index (κ3) is 4.73. The molecule has 0 unspecified atom stereocenters. The summed E-state index contributed by atoms with van der Waals surface area (Å²) in [5.74, 6) is 0.285. The fourth-order valence-electron chi connectivity index (χ4n) is 3.66. The first kappa shape index (κ1) is 20.6. The van der Waals surface area contributed by atoms with Crippen molar-refractivity contribution < 1.29 is 17.3 Å². The molecule has 3 aromatic rings. The minimum atomic E-state index is -3.84. The van der Waals surface area contributed by atoms with Crippen molar-refractivity contribution in [2.45, 2.75) is 24.0 Å². The van der Waals surface area contributed by atoms with Crippen LogP contribution in [0.4, 0.5) is 0 Å². The molecule has 1 saturated heterocycles. The van der Waals surface area contributed by atoms with Gasteiger partial charge in [0.15, 0.2) is 0 Å². The normalized spacial score (nSPS) is 18.6. The van der Waals surface area contributed by atoms with E-state index in [1.165, 1.54) is 17.7 Å². The number of rotatable bonds is 6. The Morgan fingerprint density at radius 1 is 0.933 bits per heavy atom. The number of hydrogen-bond acceptors (Lipinski definition) is 5.